The number of aromatic nitrogens is 1. The number of allylic oxidation sites excluding steroid dienone is 1. The molecular formula is C30H33N5O6S. The minimum absolute atomic E-state index is 0.0578. The van der Waals surface area contributed by atoms with Gasteiger partial charge in [-0.15, -0.1) is 0 Å². The SMILES string of the molecule is COc1ccc([C@H]2C(C(=O)OC(C)C)=C(C)N=c3s/c(=C/c4cc([N+](=O)[O-])ccc4N4CCN(C)CC4)c(=O)n32)cc1. The van der Waals surface area contributed by atoms with Crippen LogP contribution in [0.5, 0.6) is 5.75 Å². The van der Waals surface area contributed by atoms with Crippen LogP contribution in [0.3, 0.4) is 0 Å². The number of benzene rings is 2. The monoisotopic (exact) mass is 591 g/mol. The molecule has 0 bridgehead atoms. The van der Waals surface area contributed by atoms with Crippen molar-refractivity contribution >= 4 is 34.8 Å². The van der Waals surface area contributed by atoms with Crippen LogP contribution in [0, 0.1) is 10.1 Å². The van der Waals surface area contributed by atoms with Gasteiger partial charge in [0.2, 0.25) is 0 Å². The molecule has 11 nitrogen and oxygen atoms in total. The second-order valence-corrected chi connectivity index (χ2v) is 11.6. The molecular weight excluding hydrogens is 558 g/mol. The number of likely N-dealkylation sites (N-methyl/N-ethyl adjacent to an activating group) is 1. The van der Waals surface area contributed by atoms with Gasteiger partial charge in [0.05, 0.1) is 40.0 Å². The number of esters is 1. The summed E-state index contributed by atoms with van der Waals surface area (Å²) >= 11 is 1.18. The van der Waals surface area contributed by atoms with Crippen LogP contribution < -0.4 is 24.5 Å². The smallest absolute Gasteiger partial charge is 0.338 e. The third-order valence-electron chi connectivity index (χ3n) is 7.37. The fraction of sp³-hybridized carbons (Fsp3) is 0.367. The lowest BCUT2D eigenvalue weighted by atomic mass is 9.96. The Labute approximate surface area is 246 Å². The molecule has 42 heavy (non-hydrogen) atoms. The topological polar surface area (TPSA) is 120 Å². The Balaban J connectivity index is 1.69. The first-order valence-electron chi connectivity index (χ1n) is 13.7. The van der Waals surface area contributed by atoms with Crippen molar-refractivity contribution in [3.05, 3.63) is 94.7 Å². The first-order valence-corrected chi connectivity index (χ1v) is 14.5. The zero-order chi connectivity index (χ0) is 30.1. The molecule has 1 aromatic heterocycles. The molecule has 1 fully saturated rings. The Morgan fingerprint density at radius 1 is 1.14 bits per heavy atom. The number of nitro benzene ring substituents is 1. The van der Waals surface area contributed by atoms with Crippen LogP contribution in [-0.4, -0.2) is 66.8 Å². The Morgan fingerprint density at radius 3 is 2.45 bits per heavy atom. The highest BCUT2D eigenvalue weighted by Gasteiger charge is 2.34. The number of rotatable bonds is 7. The quantitative estimate of drug-likeness (QED) is 0.234. The molecule has 2 aromatic carbocycles. The number of anilines is 1. The highest BCUT2D eigenvalue weighted by Crippen LogP contribution is 2.32. The first-order chi connectivity index (χ1) is 20.1. The molecule has 3 heterocycles. The average molecular weight is 592 g/mol. The van der Waals surface area contributed by atoms with E-state index in [2.05, 4.69) is 21.8 Å². The Bertz CT molecular complexity index is 1730. The highest BCUT2D eigenvalue weighted by molar-refractivity contribution is 7.07. The van der Waals surface area contributed by atoms with Crippen LogP contribution in [-0.2, 0) is 9.53 Å². The summed E-state index contributed by atoms with van der Waals surface area (Å²) in [6.45, 7) is 8.49. The van der Waals surface area contributed by atoms with E-state index in [0.29, 0.717) is 31.9 Å². The van der Waals surface area contributed by atoms with Gasteiger partial charge < -0.3 is 19.3 Å². The normalized spacial score (nSPS) is 17.7. The van der Waals surface area contributed by atoms with Crippen molar-refractivity contribution in [1.82, 2.24) is 9.47 Å². The molecule has 1 saturated heterocycles. The van der Waals surface area contributed by atoms with Crippen molar-refractivity contribution in [2.75, 3.05) is 45.2 Å². The van der Waals surface area contributed by atoms with Crippen molar-refractivity contribution in [2.45, 2.75) is 32.9 Å². The molecule has 0 N–H and O–H groups in total. The van der Waals surface area contributed by atoms with E-state index in [-0.39, 0.29) is 22.9 Å². The highest BCUT2D eigenvalue weighted by atomic mass is 32.1. The van der Waals surface area contributed by atoms with E-state index in [1.165, 1.54) is 28.0 Å². The predicted octanol–water partition coefficient (Wildman–Crippen LogP) is 2.86. The second-order valence-electron chi connectivity index (χ2n) is 10.6. The van der Waals surface area contributed by atoms with Crippen molar-refractivity contribution in [3.63, 3.8) is 0 Å². The van der Waals surface area contributed by atoms with Crippen LogP contribution in [0.15, 0.2) is 63.5 Å². The van der Waals surface area contributed by atoms with Gasteiger partial charge in [0.15, 0.2) is 4.80 Å². The predicted molar refractivity (Wildman–Crippen MR) is 161 cm³/mol. The van der Waals surface area contributed by atoms with Crippen molar-refractivity contribution < 1.29 is 19.2 Å². The molecule has 12 heteroatoms. The standard InChI is InChI=1S/C30H33N5O6S/c1-18(2)41-29(37)26-19(3)31-30-34(27(26)20-6-9-23(40-5)10-7-20)28(36)25(42-30)17-21-16-22(35(38)39)8-11-24(21)33-14-12-32(4)13-15-33/h6-11,16-18,27H,12-15H2,1-5H3/b25-17+/t27-/m0/s1. The van der Waals surface area contributed by atoms with Gasteiger partial charge in [-0.05, 0) is 57.7 Å². The number of ether oxygens (including phenoxy) is 2. The molecule has 1 atom stereocenters. The summed E-state index contributed by atoms with van der Waals surface area (Å²) < 4.78 is 12.7. The summed E-state index contributed by atoms with van der Waals surface area (Å²) in [4.78, 5) is 48.1. The fourth-order valence-corrected chi connectivity index (χ4v) is 6.25. The maximum atomic E-state index is 14.1. The van der Waals surface area contributed by atoms with E-state index in [1.54, 1.807) is 52.2 Å². The van der Waals surface area contributed by atoms with E-state index in [0.717, 1.165) is 31.9 Å². The molecule has 220 valence electrons. The summed E-state index contributed by atoms with van der Waals surface area (Å²) in [6.07, 6.45) is 1.33. The largest absolute Gasteiger partial charge is 0.497 e. The van der Waals surface area contributed by atoms with Gasteiger partial charge in [-0.3, -0.25) is 19.5 Å². The zero-order valence-electron chi connectivity index (χ0n) is 24.2. The third kappa shape index (κ3) is 5.72. The molecule has 0 aliphatic carbocycles. The first kappa shape index (κ1) is 29.2. The van der Waals surface area contributed by atoms with Gasteiger partial charge in [-0.1, -0.05) is 23.5 Å². The number of nitro groups is 1. The van der Waals surface area contributed by atoms with Gasteiger partial charge in [0.1, 0.15) is 5.75 Å². The van der Waals surface area contributed by atoms with Crippen molar-refractivity contribution in [3.8, 4) is 5.75 Å². The van der Waals surface area contributed by atoms with Gasteiger partial charge in [-0.2, -0.15) is 0 Å². The summed E-state index contributed by atoms with van der Waals surface area (Å²) in [5, 5.41) is 11.7. The fourth-order valence-electron chi connectivity index (χ4n) is 5.21. The minimum Gasteiger partial charge on any atom is -0.497 e. The molecule has 0 amide bonds. The number of carbonyl (C=O) groups is 1. The number of fused-ring (bicyclic) bond motifs is 1. The van der Waals surface area contributed by atoms with Crippen LogP contribution in [0.2, 0.25) is 0 Å². The average Bonchev–Trinajstić information content (AvgIpc) is 3.26. The lowest BCUT2D eigenvalue weighted by Crippen LogP contribution is -2.44. The lowest BCUT2D eigenvalue weighted by Gasteiger charge is -2.34. The maximum Gasteiger partial charge on any atom is 0.338 e. The lowest BCUT2D eigenvalue weighted by molar-refractivity contribution is -0.384. The molecule has 0 radical (unpaired) electrons. The summed E-state index contributed by atoms with van der Waals surface area (Å²) in [5.41, 5.74) is 2.43. The van der Waals surface area contributed by atoms with Crippen LogP contribution in [0.4, 0.5) is 11.4 Å². The Morgan fingerprint density at radius 2 is 1.83 bits per heavy atom. The van der Waals surface area contributed by atoms with Gasteiger partial charge in [-0.25, -0.2) is 9.79 Å². The van der Waals surface area contributed by atoms with Crippen molar-refractivity contribution in [2.24, 2.45) is 4.99 Å². The Hall–Kier alpha value is -4.29. The summed E-state index contributed by atoms with van der Waals surface area (Å²) in [6, 6.07) is 11.1. The van der Waals surface area contributed by atoms with Crippen molar-refractivity contribution in [1.29, 1.82) is 0 Å². The molecule has 2 aliphatic heterocycles. The van der Waals surface area contributed by atoms with Gasteiger partial charge in [0, 0.05) is 49.6 Å². The molecule has 2 aliphatic rings. The van der Waals surface area contributed by atoms with E-state index in [4.69, 9.17) is 9.47 Å². The van der Waals surface area contributed by atoms with E-state index in [1.807, 2.05) is 12.1 Å². The van der Waals surface area contributed by atoms with Gasteiger partial charge in [0.25, 0.3) is 11.2 Å². The molecule has 5 rings (SSSR count). The number of methoxy groups -OCH3 is 1. The molecule has 0 spiro atoms. The maximum absolute atomic E-state index is 14.1. The van der Waals surface area contributed by atoms with Crippen LogP contribution in [0.25, 0.3) is 6.08 Å². The zero-order valence-corrected chi connectivity index (χ0v) is 25.0. The number of thiazole rings is 1. The van der Waals surface area contributed by atoms with Gasteiger partial charge >= 0.3 is 5.97 Å². The Kier molecular flexibility index (Phi) is 8.28. The number of hydrogen-bond donors (Lipinski definition) is 0. The number of carbonyl (C=O) groups excluding carboxylic acids is 1. The molecule has 3 aromatic rings. The summed E-state index contributed by atoms with van der Waals surface area (Å²) in [7, 11) is 3.62. The molecule has 0 saturated carbocycles. The van der Waals surface area contributed by atoms with E-state index < -0.39 is 16.9 Å². The van der Waals surface area contributed by atoms with Crippen LogP contribution in [0.1, 0.15) is 37.9 Å². The number of piperazine rings is 1. The minimum atomic E-state index is -0.775. The number of nitrogens with zero attached hydrogens (tertiary/aromatic N) is 5. The van der Waals surface area contributed by atoms with Crippen LogP contribution >= 0.6 is 11.3 Å². The second kappa shape index (κ2) is 11.9. The number of hydrogen-bond acceptors (Lipinski definition) is 10. The molecule has 0 unspecified atom stereocenters. The van der Waals surface area contributed by atoms with E-state index >= 15 is 0 Å². The number of non-ortho nitro benzene ring substituents is 1. The third-order valence-corrected chi connectivity index (χ3v) is 8.35. The summed E-state index contributed by atoms with van der Waals surface area (Å²) in [5.74, 6) is 0.0951. The van der Waals surface area contributed by atoms with E-state index in [9.17, 15) is 19.7 Å².